The number of hydrogen-bond acceptors (Lipinski definition) is 4. The Morgan fingerprint density at radius 2 is 2.53 bits per heavy atom. The van der Waals surface area contributed by atoms with Gasteiger partial charge >= 0.3 is 0 Å². The lowest BCUT2D eigenvalue weighted by Gasteiger charge is -2.18. The van der Waals surface area contributed by atoms with Crippen molar-refractivity contribution in [3.05, 3.63) is 17.0 Å². The molecule has 1 saturated heterocycles. The van der Waals surface area contributed by atoms with Gasteiger partial charge in [0.1, 0.15) is 12.1 Å². The summed E-state index contributed by atoms with van der Waals surface area (Å²) in [7, 11) is 2.00. The van der Waals surface area contributed by atoms with Gasteiger partial charge in [-0.2, -0.15) is 0 Å². The average Bonchev–Trinajstić information content (AvgIpc) is 2.68. The van der Waals surface area contributed by atoms with Crippen molar-refractivity contribution < 1.29 is 0 Å². The maximum Gasteiger partial charge on any atom is 0.146 e. The summed E-state index contributed by atoms with van der Waals surface area (Å²) in [5.74, 6) is 1.75. The van der Waals surface area contributed by atoms with Crippen LogP contribution in [0.1, 0.15) is 6.42 Å². The monoisotopic (exact) mass is 270 g/mol. The standard InChI is InChI=1S/C10H15BrN4/c1-12-4-8-2-3-15(6-8)10-9(11)5-13-7-14-10/h5,7-8,12H,2-4,6H2,1H3. The maximum atomic E-state index is 4.30. The molecule has 1 aromatic rings. The van der Waals surface area contributed by atoms with Gasteiger partial charge in [-0.1, -0.05) is 0 Å². The molecule has 0 saturated carbocycles. The van der Waals surface area contributed by atoms with Crippen molar-refractivity contribution in [3.8, 4) is 0 Å². The summed E-state index contributed by atoms with van der Waals surface area (Å²) < 4.78 is 0.982. The Bertz CT molecular complexity index is 331. The summed E-state index contributed by atoms with van der Waals surface area (Å²) in [5, 5.41) is 3.23. The Labute approximate surface area is 98.2 Å². The van der Waals surface area contributed by atoms with Gasteiger partial charge in [0.2, 0.25) is 0 Å². The van der Waals surface area contributed by atoms with E-state index in [1.807, 2.05) is 7.05 Å². The number of aromatic nitrogens is 2. The first kappa shape index (κ1) is 10.8. The molecule has 1 N–H and O–H groups in total. The lowest BCUT2D eigenvalue weighted by atomic mass is 10.1. The Balaban J connectivity index is 2.04. The Morgan fingerprint density at radius 3 is 3.27 bits per heavy atom. The van der Waals surface area contributed by atoms with Gasteiger partial charge in [0.15, 0.2) is 0 Å². The van der Waals surface area contributed by atoms with Crippen LogP contribution >= 0.6 is 15.9 Å². The Hall–Kier alpha value is -0.680. The van der Waals surface area contributed by atoms with E-state index in [1.54, 1.807) is 12.5 Å². The van der Waals surface area contributed by atoms with Crippen molar-refractivity contribution >= 4 is 21.7 Å². The van der Waals surface area contributed by atoms with E-state index in [0.717, 1.165) is 35.8 Å². The van der Waals surface area contributed by atoms with Crippen LogP contribution in [0, 0.1) is 5.92 Å². The van der Waals surface area contributed by atoms with E-state index in [1.165, 1.54) is 6.42 Å². The van der Waals surface area contributed by atoms with Crippen molar-refractivity contribution in [2.45, 2.75) is 6.42 Å². The molecule has 0 aliphatic carbocycles. The number of nitrogens with one attached hydrogen (secondary N) is 1. The molecule has 5 heteroatoms. The lowest BCUT2D eigenvalue weighted by molar-refractivity contribution is 0.549. The molecule has 1 atom stereocenters. The van der Waals surface area contributed by atoms with Crippen molar-refractivity contribution in [2.24, 2.45) is 5.92 Å². The highest BCUT2D eigenvalue weighted by Gasteiger charge is 2.23. The third kappa shape index (κ3) is 2.46. The summed E-state index contributed by atoms with van der Waals surface area (Å²) in [4.78, 5) is 10.6. The van der Waals surface area contributed by atoms with E-state index in [4.69, 9.17) is 0 Å². The quantitative estimate of drug-likeness (QED) is 0.899. The third-order valence-electron chi connectivity index (χ3n) is 2.73. The zero-order valence-corrected chi connectivity index (χ0v) is 10.4. The van der Waals surface area contributed by atoms with Gasteiger partial charge in [-0.25, -0.2) is 9.97 Å². The summed E-state index contributed by atoms with van der Waals surface area (Å²) >= 11 is 3.48. The molecule has 4 nitrogen and oxygen atoms in total. The first-order valence-electron chi connectivity index (χ1n) is 5.16. The van der Waals surface area contributed by atoms with Gasteiger partial charge in [0.25, 0.3) is 0 Å². The fourth-order valence-corrected chi connectivity index (χ4v) is 2.49. The van der Waals surface area contributed by atoms with Gasteiger partial charge in [-0.15, -0.1) is 0 Å². The molecule has 0 aromatic carbocycles. The largest absolute Gasteiger partial charge is 0.355 e. The molecule has 1 fully saturated rings. The summed E-state index contributed by atoms with van der Waals surface area (Å²) in [5.41, 5.74) is 0. The van der Waals surface area contributed by atoms with Gasteiger partial charge in [-0.3, -0.25) is 0 Å². The van der Waals surface area contributed by atoms with Crippen LogP contribution in [0.4, 0.5) is 5.82 Å². The van der Waals surface area contributed by atoms with Crippen molar-refractivity contribution in [2.75, 3.05) is 31.6 Å². The highest BCUT2D eigenvalue weighted by molar-refractivity contribution is 9.10. The summed E-state index contributed by atoms with van der Waals surface area (Å²) in [6.07, 6.45) is 4.64. The molecule has 15 heavy (non-hydrogen) atoms. The molecule has 1 aliphatic rings. The molecule has 2 heterocycles. The molecule has 1 aromatic heterocycles. The number of rotatable bonds is 3. The van der Waals surface area contributed by atoms with Crippen LogP contribution in [0.15, 0.2) is 17.0 Å². The smallest absolute Gasteiger partial charge is 0.146 e. The third-order valence-corrected chi connectivity index (χ3v) is 3.29. The van der Waals surface area contributed by atoms with E-state index in [-0.39, 0.29) is 0 Å². The van der Waals surface area contributed by atoms with E-state index in [9.17, 15) is 0 Å². The molecule has 1 aliphatic heterocycles. The second-order valence-electron chi connectivity index (χ2n) is 3.85. The summed E-state index contributed by atoms with van der Waals surface area (Å²) in [6.45, 7) is 3.25. The van der Waals surface area contributed by atoms with Gasteiger partial charge in [0, 0.05) is 19.3 Å². The van der Waals surface area contributed by atoms with Crippen LogP contribution in [-0.4, -0.2) is 36.6 Å². The maximum absolute atomic E-state index is 4.30. The zero-order chi connectivity index (χ0) is 10.7. The van der Waals surface area contributed by atoms with Crippen molar-refractivity contribution in [3.63, 3.8) is 0 Å². The van der Waals surface area contributed by atoms with Crippen LogP contribution in [-0.2, 0) is 0 Å². The fraction of sp³-hybridized carbons (Fsp3) is 0.600. The number of nitrogens with zero attached hydrogens (tertiary/aromatic N) is 3. The van der Waals surface area contributed by atoms with Gasteiger partial charge in [0.05, 0.1) is 4.47 Å². The number of hydrogen-bond donors (Lipinski definition) is 1. The van der Waals surface area contributed by atoms with Crippen LogP contribution in [0.2, 0.25) is 0 Å². The molecule has 82 valence electrons. The van der Waals surface area contributed by atoms with Crippen LogP contribution in [0.25, 0.3) is 0 Å². The fourth-order valence-electron chi connectivity index (χ4n) is 2.02. The minimum Gasteiger partial charge on any atom is -0.355 e. The first-order chi connectivity index (χ1) is 7.31. The van der Waals surface area contributed by atoms with Crippen LogP contribution in [0.5, 0.6) is 0 Å². The van der Waals surface area contributed by atoms with Gasteiger partial charge in [-0.05, 0) is 41.9 Å². The lowest BCUT2D eigenvalue weighted by Crippen LogP contribution is -2.25. The molecule has 0 spiro atoms. The van der Waals surface area contributed by atoms with Crippen LogP contribution in [0.3, 0.4) is 0 Å². The first-order valence-corrected chi connectivity index (χ1v) is 5.95. The van der Waals surface area contributed by atoms with E-state index in [0.29, 0.717) is 0 Å². The molecule has 0 radical (unpaired) electrons. The normalized spacial score (nSPS) is 20.9. The second kappa shape index (κ2) is 4.90. The summed E-state index contributed by atoms with van der Waals surface area (Å²) in [6, 6.07) is 0. The van der Waals surface area contributed by atoms with E-state index in [2.05, 4.69) is 36.1 Å². The molecule has 2 rings (SSSR count). The molecule has 0 bridgehead atoms. The molecule has 0 amide bonds. The van der Waals surface area contributed by atoms with E-state index < -0.39 is 0 Å². The molecule has 1 unspecified atom stereocenters. The molecular formula is C10H15BrN4. The number of halogens is 1. The minimum absolute atomic E-state index is 0.733. The zero-order valence-electron chi connectivity index (χ0n) is 8.78. The second-order valence-corrected chi connectivity index (χ2v) is 4.71. The highest BCUT2D eigenvalue weighted by Crippen LogP contribution is 2.27. The SMILES string of the molecule is CNCC1CCN(c2ncncc2Br)C1. The van der Waals surface area contributed by atoms with E-state index >= 15 is 0 Å². The highest BCUT2D eigenvalue weighted by atomic mass is 79.9. The Morgan fingerprint density at radius 1 is 1.67 bits per heavy atom. The van der Waals surface area contributed by atoms with Gasteiger partial charge < -0.3 is 10.2 Å². The van der Waals surface area contributed by atoms with Crippen molar-refractivity contribution in [1.29, 1.82) is 0 Å². The Kier molecular flexibility index (Phi) is 3.53. The number of anilines is 1. The predicted molar refractivity (Wildman–Crippen MR) is 64.0 cm³/mol. The topological polar surface area (TPSA) is 41.0 Å². The van der Waals surface area contributed by atoms with Crippen molar-refractivity contribution in [1.82, 2.24) is 15.3 Å². The van der Waals surface area contributed by atoms with Crippen LogP contribution < -0.4 is 10.2 Å². The predicted octanol–water partition coefficient (Wildman–Crippen LogP) is 1.28. The molecular weight excluding hydrogens is 256 g/mol. The minimum atomic E-state index is 0.733. The average molecular weight is 271 g/mol.